The highest BCUT2D eigenvalue weighted by atomic mass is 19.4. The molecule has 0 aliphatic carbocycles. The molecule has 0 saturated carbocycles. The number of nitrogens with zero attached hydrogens (tertiary/aromatic N) is 2. The molecule has 6 nitrogen and oxygen atoms in total. The number of benzene rings is 1. The van der Waals surface area contributed by atoms with Crippen LogP contribution in [0.3, 0.4) is 0 Å². The highest BCUT2D eigenvalue weighted by molar-refractivity contribution is 6.02. The Morgan fingerprint density at radius 3 is 2.63 bits per heavy atom. The van der Waals surface area contributed by atoms with Crippen LogP contribution in [0.2, 0.25) is 0 Å². The summed E-state index contributed by atoms with van der Waals surface area (Å²) in [5, 5.41) is 12.5. The van der Waals surface area contributed by atoms with Gasteiger partial charge in [-0.2, -0.15) is 13.2 Å². The van der Waals surface area contributed by atoms with Gasteiger partial charge in [-0.3, -0.25) is 19.5 Å². The van der Waals surface area contributed by atoms with Crippen molar-refractivity contribution in [3.8, 4) is 0 Å². The second-order valence-electron chi connectivity index (χ2n) is 6.59. The molecule has 0 radical (unpaired) electrons. The summed E-state index contributed by atoms with van der Waals surface area (Å²) < 4.78 is 39.4. The van der Waals surface area contributed by atoms with Crippen molar-refractivity contribution in [2.45, 2.75) is 19.1 Å². The maximum Gasteiger partial charge on any atom is 0.393 e. The van der Waals surface area contributed by atoms with E-state index in [1.807, 2.05) is 0 Å². The summed E-state index contributed by atoms with van der Waals surface area (Å²) in [5.74, 6) is -5.58. The number of likely N-dealkylation sites (tertiary alicyclic amines) is 1. The lowest BCUT2D eigenvalue weighted by Gasteiger charge is -2.24. The van der Waals surface area contributed by atoms with Gasteiger partial charge >= 0.3 is 12.1 Å². The van der Waals surface area contributed by atoms with E-state index in [0.717, 1.165) is 0 Å². The van der Waals surface area contributed by atoms with Crippen LogP contribution in [0.5, 0.6) is 0 Å². The van der Waals surface area contributed by atoms with Crippen molar-refractivity contribution in [1.82, 2.24) is 9.88 Å². The zero-order valence-corrected chi connectivity index (χ0v) is 14.4. The number of carbonyl (C=O) groups excluding carboxylic acids is 1. The number of aromatic nitrogens is 1. The molecule has 3 rings (SSSR count). The number of carboxylic acids is 1. The van der Waals surface area contributed by atoms with E-state index in [2.05, 4.69) is 10.3 Å². The van der Waals surface area contributed by atoms with Gasteiger partial charge in [0.05, 0.1) is 29.1 Å². The quantitative estimate of drug-likeness (QED) is 0.851. The molecule has 1 aliphatic heterocycles. The predicted octanol–water partition coefficient (Wildman–Crippen LogP) is 2.76. The number of alkyl halides is 3. The minimum atomic E-state index is -4.63. The number of pyridine rings is 1. The third-order valence-corrected chi connectivity index (χ3v) is 4.92. The molecule has 1 amide bonds. The van der Waals surface area contributed by atoms with E-state index in [4.69, 9.17) is 5.11 Å². The van der Waals surface area contributed by atoms with Gasteiger partial charge in [0.1, 0.15) is 0 Å². The van der Waals surface area contributed by atoms with Crippen molar-refractivity contribution in [1.29, 1.82) is 0 Å². The Morgan fingerprint density at radius 2 is 2.00 bits per heavy atom. The minimum absolute atomic E-state index is 0.328. The number of carboxylic acid groups (broad SMARTS) is 1. The van der Waals surface area contributed by atoms with Gasteiger partial charge < -0.3 is 10.4 Å². The fraction of sp³-hybridized carbons (Fsp3) is 0.389. The number of hydrogen-bond donors (Lipinski definition) is 2. The summed E-state index contributed by atoms with van der Waals surface area (Å²) in [4.78, 5) is 29.2. The molecule has 1 aromatic heterocycles. The smallest absolute Gasteiger partial charge is 0.393 e. The van der Waals surface area contributed by atoms with Crippen molar-refractivity contribution < 1.29 is 27.9 Å². The predicted molar refractivity (Wildman–Crippen MR) is 92.1 cm³/mol. The van der Waals surface area contributed by atoms with Crippen LogP contribution >= 0.6 is 0 Å². The summed E-state index contributed by atoms with van der Waals surface area (Å²) in [5.41, 5.74) is 1.17. The molecule has 0 spiro atoms. The van der Waals surface area contributed by atoms with E-state index in [0.29, 0.717) is 16.6 Å². The number of anilines is 1. The fourth-order valence-corrected chi connectivity index (χ4v) is 3.35. The highest BCUT2D eigenvalue weighted by Crippen LogP contribution is 2.38. The Bertz CT molecular complexity index is 866. The first-order valence-electron chi connectivity index (χ1n) is 8.36. The van der Waals surface area contributed by atoms with Gasteiger partial charge in [-0.1, -0.05) is 6.07 Å². The van der Waals surface area contributed by atoms with Gasteiger partial charge in [-0.25, -0.2) is 0 Å². The molecule has 1 unspecified atom stereocenters. The zero-order chi connectivity index (χ0) is 19.8. The molecule has 1 aliphatic rings. The first-order valence-corrected chi connectivity index (χ1v) is 8.36. The molecular formula is C18H18F3N3O3. The first-order chi connectivity index (χ1) is 12.7. The third-order valence-electron chi connectivity index (χ3n) is 4.92. The van der Waals surface area contributed by atoms with Crippen molar-refractivity contribution in [3.05, 3.63) is 36.5 Å². The van der Waals surface area contributed by atoms with Crippen molar-refractivity contribution in [3.63, 3.8) is 0 Å². The maximum absolute atomic E-state index is 13.1. The average molecular weight is 381 g/mol. The summed E-state index contributed by atoms with van der Waals surface area (Å²) in [6.45, 7) is 0.619. The normalized spacial score (nSPS) is 21.9. The second-order valence-corrected chi connectivity index (χ2v) is 6.59. The largest absolute Gasteiger partial charge is 0.481 e. The number of rotatable bonds is 4. The standard InChI is InChI=1S/C18H18F3N3O3/c1-10(24-8-12(17(26)27)13(9-24)18(19,20)21)16(25)23-15-6-2-5-14-11(15)4-3-7-22-14/h2-7,10,12-13H,8-9H2,1H3,(H,23,25)(H,26,27)/t10?,12-,13-/m1/s1. The SMILES string of the molecule is CC(C(=O)Nc1cccc2ncccc12)N1C[C@@H](C(F)(F)F)[C@H](C(=O)O)C1. The van der Waals surface area contributed by atoms with Crippen LogP contribution in [0.25, 0.3) is 10.9 Å². The van der Waals surface area contributed by atoms with Crippen LogP contribution in [0, 0.1) is 11.8 Å². The second kappa shape index (κ2) is 7.15. The molecule has 3 atom stereocenters. The van der Waals surface area contributed by atoms with Crippen LogP contribution in [0.15, 0.2) is 36.5 Å². The van der Waals surface area contributed by atoms with Crippen molar-refractivity contribution >= 4 is 28.5 Å². The Balaban J connectivity index is 1.76. The molecule has 27 heavy (non-hydrogen) atoms. The summed E-state index contributed by atoms with van der Waals surface area (Å²) in [6.07, 6.45) is -3.01. The molecule has 9 heteroatoms. The van der Waals surface area contributed by atoms with Gasteiger partial charge in [0.25, 0.3) is 0 Å². The zero-order valence-electron chi connectivity index (χ0n) is 14.4. The Morgan fingerprint density at radius 1 is 1.26 bits per heavy atom. The van der Waals surface area contributed by atoms with Gasteiger partial charge in [-0.05, 0) is 31.2 Å². The highest BCUT2D eigenvalue weighted by Gasteiger charge is 2.53. The fourth-order valence-electron chi connectivity index (χ4n) is 3.35. The number of nitrogens with one attached hydrogen (secondary N) is 1. The first kappa shape index (κ1) is 19.1. The molecular weight excluding hydrogens is 363 g/mol. The van der Waals surface area contributed by atoms with E-state index in [1.54, 1.807) is 36.5 Å². The molecule has 1 fully saturated rings. The summed E-state index contributed by atoms with van der Waals surface area (Å²) >= 11 is 0. The molecule has 2 aromatic rings. The number of fused-ring (bicyclic) bond motifs is 1. The van der Waals surface area contributed by atoms with Crippen LogP contribution in [0.4, 0.5) is 18.9 Å². The van der Waals surface area contributed by atoms with E-state index in [9.17, 15) is 22.8 Å². The Labute approximate surface area is 153 Å². The van der Waals surface area contributed by atoms with E-state index >= 15 is 0 Å². The minimum Gasteiger partial charge on any atom is -0.481 e. The summed E-state index contributed by atoms with van der Waals surface area (Å²) in [6, 6.07) is 7.75. The number of hydrogen-bond acceptors (Lipinski definition) is 4. The number of carbonyl (C=O) groups is 2. The number of aliphatic carboxylic acids is 1. The molecule has 1 aromatic carbocycles. The van der Waals surface area contributed by atoms with Gasteiger partial charge in [0.2, 0.25) is 5.91 Å². The number of halogens is 3. The van der Waals surface area contributed by atoms with E-state index < -0.39 is 42.5 Å². The van der Waals surface area contributed by atoms with Crippen molar-refractivity contribution in [2.24, 2.45) is 11.8 Å². The van der Waals surface area contributed by atoms with Crippen LogP contribution in [-0.4, -0.2) is 52.2 Å². The lowest BCUT2D eigenvalue weighted by atomic mass is 9.96. The van der Waals surface area contributed by atoms with Crippen molar-refractivity contribution in [2.75, 3.05) is 18.4 Å². The van der Waals surface area contributed by atoms with Gasteiger partial charge in [0.15, 0.2) is 0 Å². The Hall–Kier alpha value is -2.68. The lowest BCUT2D eigenvalue weighted by Crippen LogP contribution is -2.41. The van der Waals surface area contributed by atoms with Gasteiger partial charge in [0, 0.05) is 24.7 Å². The monoisotopic (exact) mass is 381 g/mol. The van der Waals surface area contributed by atoms with E-state index in [-0.39, 0.29) is 6.54 Å². The molecule has 1 saturated heterocycles. The van der Waals surface area contributed by atoms with Crippen LogP contribution in [-0.2, 0) is 9.59 Å². The maximum atomic E-state index is 13.1. The Kier molecular flexibility index (Phi) is 5.05. The topological polar surface area (TPSA) is 82.5 Å². The molecule has 2 heterocycles. The summed E-state index contributed by atoms with van der Waals surface area (Å²) in [7, 11) is 0. The molecule has 2 N–H and O–H groups in total. The number of amides is 1. The molecule has 144 valence electrons. The van der Waals surface area contributed by atoms with E-state index in [1.165, 1.54) is 11.8 Å². The lowest BCUT2D eigenvalue weighted by molar-refractivity contribution is -0.188. The third kappa shape index (κ3) is 3.87. The van der Waals surface area contributed by atoms with Gasteiger partial charge in [-0.15, -0.1) is 0 Å². The molecule has 0 bridgehead atoms. The average Bonchev–Trinajstić information content (AvgIpc) is 3.07. The van der Waals surface area contributed by atoms with Crippen LogP contribution in [0.1, 0.15) is 6.92 Å². The van der Waals surface area contributed by atoms with Crippen LogP contribution < -0.4 is 5.32 Å².